The Hall–Kier alpha value is -1.57. The summed E-state index contributed by atoms with van der Waals surface area (Å²) in [5.41, 5.74) is 2.32. The number of hydrogen-bond donors (Lipinski definition) is 1. The first kappa shape index (κ1) is 13.5. The standard InChI is InChI=1S/C15H21NO/c1-5-14(17)10-9-12-7-6-8-13(11-12)16-15(2,3)4/h5-8,11,16H,1,9-10H2,2-4H3. The number of carbonyl (C=O) groups is 1. The Morgan fingerprint density at radius 3 is 2.71 bits per heavy atom. The van der Waals surface area contributed by atoms with Crippen molar-refractivity contribution in [3.8, 4) is 0 Å². The van der Waals surface area contributed by atoms with Crippen molar-refractivity contribution in [2.24, 2.45) is 0 Å². The van der Waals surface area contributed by atoms with Crippen molar-refractivity contribution in [2.75, 3.05) is 5.32 Å². The molecule has 0 saturated heterocycles. The van der Waals surface area contributed by atoms with E-state index in [2.05, 4.69) is 38.7 Å². The zero-order chi connectivity index (χ0) is 12.9. The summed E-state index contributed by atoms with van der Waals surface area (Å²) in [4.78, 5) is 11.2. The van der Waals surface area contributed by atoms with Gasteiger partial charge in [-0.1, -0.05) is 18.7 Å². The minimum Gasteiger partial charge on any atom is -0.380 e. The molecule has 1 rings (SSSR count). The Balaban J connectivity index is 2.66. The molecular weight excluding hydrogens is 210 g/mol. The lowest BCUT2D eigenvalue weighted by molar-refractivity contribution is -0.114. The Morgan fingerprint density at radius 1 is 1.41 bits per heavy atom. The molecule has 0 atom stereocenters. The van der Waals surface area contributed by atoms with Crippen molar-refractivity contribution in [3.63, 3.8) is 0 Å². The molecule has 2 heteroatoms. The topological polar surface area (TPSA) is 29.1 Å². The number of rotatable bonds is 5. The van der Waals surface area contributed by atoms with Gasteiger partial charge in [0.25, 0.3) is 0 Å². The minimum atomic E-state index is 0.0511. The van der Waals surface area contributed by atoms with Gasteiger partial charge in [0.15, 0.2) is 5.78 Å². The highest BCUT2D eigenvalue weighted by molar-refractivity contribution is 5.89. The van der Waals surface area contributed by atoms with Gasteiger partial charge in [-0.15, -0.1) is 0 Å². The largest absolute Gasteiger partial charge is 0.380 e. The summed E-state index contributed by atoms with van der Waals surface area (Å²) in [7, 11) is 0. The van der Waals surface area contributed by atoms with Crippen LogP contribution >= 0.6 is 0 Å². The van der Waals surface area contributed by atoms with E-state index < -0.39 is 0 Å². The Labute approximate surface area is 104 Å². The maximum atomic E-state index is 11.2. The van der Waals surface area contributed by atoms with Crippen LogP contribution in [0, 0.1) is 0 Å². The summed E-state index contributed by atoms with van der Waals surface area (Å²) >= 11 is 0. The zero-order valence-electron chi connectivity index (χ0n) is 10.9. The lowest BCUT2D eigenvalue weighted by Crippen LogP contribution is -2.26. The first-order valence-electron chi connectivity index (χ1n) is 5.93. The highest BCUT2D eigenvalue weighted by atomic mass is 16.1. The summed E-state index contributed by atoms with van der Waals surface area (Å²) in [6, 6.07) is 8.21. The number of benzene rings is 1. The molecule has 0 aromatic heterocycles. The lowest BCUT2D eigenvalue weighted by Gasteiger charge is -2.22. The van der Waals surface area contributed by atoms with E-state index in [0.717, 1.165) is 12.1 Å². The molecule has 1 aromatic rings. The van der Waals surface area contributed by atoms with E-state index in [-0.39, 0.29) is 11.3 Å². The predicted molar refractivity (Wildman–Crippen MR) is 73.3 cm³/mol. The van der Waals surface area contributed by atoms with Gasteiger partial charge in [0.2, 0.25) is 0 Å². The molecule has 0 saturated carbocycles. The van der Waals surface area contributed by atoms with Crippen LogP contribution in [0.25, 0.3) is 0 Å². The van der Waals surface area contributed by atoms with Gasteiger partial charge in [0, 0.05) is 17.6 Å². The second kappa shape index (κ2) is 5.67. The fourth-order valence-electron chi connectivity index (χ4n) is 1.61. The van der Waals surface area contributed by atoms with Gasteiger partial charge < -0.3 is 5.32 Å². The number of anilines is 1. The van der Waals surface area contributed by atoms with Crippen molar-refractivity contribution >= 4 is 11.5 Å². The fraction of sp³-hybridized carbons (Fsp3) is 0.400. The van der Waals surface area contributed by atoms with Gasteiger partial charge in [-0.2, -0.15) is 0 Å². The number of allylic oxidation sites excluding steroid dienone is 1. The van der Waals surface area contributed by atoms with Gasteiger partial charge in [-0.25, -0.2) is 0 Å². The number of ketones is 1. The van der Waals surface area contributed by atoms with Gasteiger partial charge >= 0.3 is 0 Å². The molecule has 1 N–H and O–H groups in total. The van der Waals surface area contributed by atoms with Crippen LogP contribution in [-0.4, -0.2) is 11.3 Å². The molecule has 0 bridgehead atoms. The summed E-state index contributed by atoms with van der Waals surface area (Å²) < 4.78 is 0. The molecule has 0 aliphatic heterocycles. The third kappa shape index (κ3) is 5.34. The van der Waals surface area contributed by atoms with Gasteiger partial charge in [-0.05, 0) is 51.0 Å². The molecule has 0 fully saturated rings. The number of aryl methyl sites for hydroxylation is 1. The van der Waals surface area contributed by atoms with Crippen molar-refractivity contribution in [1.29, 1.82) is 0 Å². The SMILES string of the molecule is C=CC(=O)CCc1cccc(NC(C)(C)C)c1. The smallest absolute Gasteiger partial charge is 0.155 e. The van der Waals surface area contributed by atoms with Crippen LogP contribution in [0.3, 0.4) is 0 Å². The average Bonchev–Trinajstić information content (AvgIpc) is 2.24. The molecule has 0 amide bonds. The van der Waals surface area contributed by atoms with Crippen molar-refractivity contribution < 1.29 is 4.79 Å². The first-order valence-corrected chi connectivity index (χ1v) is 5.93. The van der Waals surface area contributed by atoms with E-state index >= 15 is 0 Å². The summed E-state index contributed by atoms with van der Waals surface area (Å²) in [5.74, 6) is 0.0965. The molecular formula is C15H21NO. The lowest BCUT2D eigenvalue weighted by atomic mass is 10.0. The summed E-state index contributed by atoms with van der Waals surface area (Å²) in [6.45, 7) is 9.85. The van der Waals surface area contributed by atoms with E-state index in [9.17, 15) is 4.79 Å². The van der Waals surface area contributed by atoms with E-state index in [1.165, 1.54) is 11.6 Å². The molecule has 1 aromatic carbocycles. The van der Waals surface area contributed by atoms with Crippen LogP contribution in [0.15, 0.2) is 36.9 Å². The molecule has 2 nitrogen and oxygen atoms in total. The third-order valence-corrected chi connectivity index (χ3v) is 2.33. The molecule has 17 heavy (non-hydrogen) atoms. The Morgan fingerprint density at radius 2 is 2.12 bits per heavy atom. The van der Waals surface area contributed by atoms with E-state index in [0.29, 0.717) is 6.42 Å². The van der Waals surface area contributed by atoms with Crippen LogP contribution < -0.4 is 5.32 Å². The van der Waals surface area contributed by atoms with Gasteiger partial charge in [0.05, 0.1) is 0 Å². The monoisotopic (exact) mass is 231 g/mol. The van der Waals surface area contributed by atoms with Gasteiger partial charge in [-0.3, -0.25) is 4.79 Å². The van der Waals surface area contributed by atoms with Gasteiger partial charge in [0.1, 0.15) is 0 Å². The Kier molecular flexibility index (Phi) is 4.50. The molecule has 0 radical (unpaired) electrons. The quantitative estimate of drug-likeness (QED) is 0.785. The highest BCUT2D eigenvalue weighted by Crippen LogP contribution is 2.17. The molecule has 0 heterocycles. The zero-order valence-corrected chi connectivity index (χ0v) is 10.9. The molecule has 92 valence electrons. The molecule has 0 unspecified atom stereocenters. The normalized spacial score (nSPS) is 11.0. The van der Waals surface area contributed by atoms with E-state index in [1.807, 2.05) is 18.2 Å². The maximum absolute atomic E-state index is 11.2. The fourth-order valence-corrected chi connectivity index (χ4v) is 1.61. The summed E-state index contributed by atoms with van der Waals surface area (Å²) in [6.07, 6.45) is 2.68. The molecule has 0 aliphatic carbocycles. The van der Waals surface area contributed by atoms with Crippen LogP contribution in [0.5, 0.6) is 0 Å². The van der Waals surface area contributed by atoms with Crippen molar-refractivity contribution in [1.82, 2.24) is 0 Å². The average molecular weight is 231 g/mol. The first-order chi connectivity index (χ1) is 7.90. The maximum Gasteiger partial charge on any atom is 0.155 e. The van der Waals surface area contributed by atoms with Crippen LogP contribution in [0.1, 0.15) is 32.8 Å². The third-order valence-electron chi connectivity index (χ3n) is 2.33. The van der Waals surface area contributed by atoms with Crippen LogP contribution in [0.4, 0.5) is 5.69 Å². The number of nitrogens with one attached hydrogen (secondary N) is 1. The minimum absolute atomic E-state index is 0.0511. The molecule has 0 aliphatic rings. The number of carbonyl (C=O) groups excluding carboxylic acids is 1. The van der Waals surface area contributed by atoms with E-state index in [4.69, 9.17) is 0 Å². The Bertz CT molecular complexity index is 402. The highest BCUT2D eigenvalue weighted by Gasteiger charge is 2.09. The number of hydrogen-bond acceptors (Lipinski definition) is 2. The second-order valence-electron chi connectivity index (χ2n) is 5.25. The molecule has 0 spiro atoms. The van der Waals surface area contributed by atoms with Crippen molar-refractivity contribution in [3.05, 3.63) is 42.5 Å². The predicted octanol–water partition coefficient (Wildman–Crippen LogP) is 3.58. The summed E-state index contributed by atoms with van der Waals surface area (Å²) in [5, 5.41) is 3.42. The van der Waals surface area contributed by atoms with Crippen LogP contribution in [0.2, 0.25) is 0 Å². The van der Waals surface area contributed by atoms with Crippen LogP contribution in [-0.2, 0) is 11.2 Å². The second-order valence-corrected chi connectivity index (χ2v) is 5.25. The van der Waals surface area contributed by atoms with Crippen molar-refractivity contribution in [2.45, 2.75) is 39.2 Å². The van der Waals surface area contributed by atoms with E-state index in [1.54, 1.807) is 0 Å².